The first-order valence-electron chi connectivity index (χ1n) is 8.11. The van der Waals surface area contributed by atoms with E-state index in [2.05, 4.69) is 29.5 Å². The molecule has 1 rings (SSSR count). The number of guanidine groups is 1. The Hall–Kier alpha value is -0.900. The average Bonchev–Trinajstić information content (AvgIpc) is 2.47. The van der Waals surface area contributed by atoms with Crippen molar-refractivity contribution in [3.05, 3.63) is 35.1 Å². The Morgan fingerprint density at radius 2 is 1.92 bits per heavy atom. The van der Waals surface area contributed by atoms with Crippen molar-refractivity contribution in [2.45, 2.75) is 39.0 Å². The second kappa shape index (κ2) is 11.7. The maximum absolute atomic E-state index is 13.5. The third-order valence-corrected chi connectivity index (χ3v) is 4.34. The smallest absolute Gasteiger partial charge is 0.191 e. The van der Waals surface area contributed by atoms with E-state index < -0.39 is 9.84 Å². The molecule has 144 valence electrons. The second-order valence-electron chi connectivity index (χ2n) is 6.37. The van der Waals surface area contributed by atoms with Gasteiger partial charge in [-0.15, -0.1) is 24.0 Å². The van der Waals surface area contributed by atoms with Crippen LogP contribution in [-0.4, -0.2) is 34.2 Å². The van der Waals surface area contributed by atoms with E-state index in [1.54, 1.807) is 7.05 Å². The molecule has 0 saturated carbocycles. The molecule has 1 aromatic rings. The molecule has 5 nitrogen and oxygen atoms in total. The predicted molar refractivity (Wildman–Crippen MR) is 113 cm³/mol. The largest absolute Gasteiger partial charge is 0.356 e. The van der Waals surface area contributed by atoms with Crippen LogP contribution in [0.5, 0.6) is 0 Å². The monoisotopic (exact) mass is 485 g/mol. The molecule has 8 heteroatoms. The summed E-state index contributed by atoms with van der Waals surface area (Å²) >= 11 is 0. The molecule has 0 radical (unpaired) electrons. The Morgan fingerprint density at radius 3 is 2.48 bits per heavy atom. The van der Waals surface area contributed by atoms with Crippen molar-refractivity contribution in [2.24, 2.45) is 10.9 Å². The molecule has 0 heterocycles. The highest BCUT2D eigenvalue weighted by Crippen LogP contribution is 2.14. The van der Waals surface area contributed by atoms with Gasteiger partial charge in [0.2, 0.25) is 0 Å². The van der Waals surface area contributed by atoms with E-state index in [0.717, 1.165) is 19.4 Å². The van der Waals surface area contributed by atoms with E-state index in [4.69, 9.17) is 0 Å². The van der Waals surface area contributed by atoms with Crippen molar-refractivity contribution in [3.8, 4) is 0 Å². The lowest BCUT2D eigenvalue weighted by Gasteiger charge is -2.14. The first kappa shape index (κ1) is 24.1. The van der Waals surface area contributed by atoms with Gasteiger partial charge in [-0.25, -0.2) is 12.8 Å². The van der Waals surface area contributed by atoms with Crippen LogP contribution in [0.4, 0.5) is 4.39 Å². The van der Waals surface area contributed by atoms with E-state index in [1.165, 1.54) is 24.5 Å². The molecule has 0 fully saturated rings. The van der Waals surface area contributed by atoms with Crippen molar-refractivity contribution in [2.75, 3.05) is 19.8 Å². The normalized spacial score (nSPS) is 12.0. The minimum atomic E-state index is -3.18. The van der Waals surface area contributed by atoms with Gasteiger partial charge in [0.1, 0.15) is 5.82 Å². The number of hydrogen-bond acceptors (Lipinski definition) is 3. The summed E-state index contributed by atoms with van der Waals surface area (Å²) in [6, 6.07) is 4.16. The highest BCUT2D eigenvalue weighted by molar-refractivity contribution is 14.0. The molecule has 1 aromatic carbocycles. The van der Waals surface area contributed by atoms with Gasteiger partial charge in [-0.05, 0) is 42.0 Å². The zero-order valence-electron chi connectivity index (χ0n) is 15.3. The summed E-state index contributed by atoms with van der Waals surface area (Å²) in [6.45, 7) is 5.48. The van der Waals surface area contributed by atoms with Crippen LogP contribution in [0.1, 0.15) is 37.8 Å². The fourth-order valence-electron chi connectivity index (χ4n) is 2.30. The lowest BCUT2D eigenvalue weighted by atomic mass is 10.1. The van der Waals surface area contributed by atoms with Crippen molar-refractivity contribution >= 4 is 39.8 Å². The zero-order valence-corrected chi connectivity index (χ0v) is 18.4. The molecule has 0 amide bonds. The summed E-state index contributed by atoms with van der Waals surface area (Å²) in [4.78, 5) is 4.13. The van der Waals surface area contributed by atoms with Crippen molar-refractivity contribution in [1.82, 2.24) is 10.6 Å². The molecular formula is C17H29FIN3O2S. The first-order valence-corrected chi connectivity index (χ1v) is 10.2. The van der Waals surface area contributed by atoms with Crippen molar-refractivity contribution in [1.29, 1.82) is 0 Å². The Kier molecular flexibility index (Phi) is 11.2. The SMILES string of the molecule is CN=C(NCCCC(C)C)NCc1cc(F)ccc1CS(C)(=O)=O.I. The fourth-order valence-corrected chi connectivity index (χ4v) is 3.15. The van der Waals surface area contributed by atoms with Gasteiger partial charge in [0.25, 0.3) is 0 Å². The zero-order chi connectivity index (χ0) is 18.2. The summed E-state index contributed by atoms with van der Waals surface area (Å²) in [5.74, 6) is 0.787. The van der Waals surface area contributed by atoms with Crippen LogP contribution in [-0.2, 0) is 22.1 Å². The predicted octanol–water partition coefficient (Wildman–Crippen LogP) is 3.09. The average molecular weight is 485 g/mol. The number of benzene rings is 1. The number of aliphatic imine (C=N–C) groups is 1. The van der Waals surface area contributed by atoms with Crippen LogP contribution in [0.2, 0.25) is 0 Å². The van der Waals surface area contributed by atoms with Crippen molar-refractivity contribution < 1.29 is 12.8 Å². The molecular weight excluding hydrogens is 456 g/mol. The first-order chi connectivity index (χ1) is 11.2. The minimum Gasteiger partial charge on any atom is -0.356 e. The summed E-state index contributed by atoms with van der Waals surface area (Å²) in [7, 11) is -1.51. The number of halogens is 2. The second-order valence-corrected chi connectivity index (χ2v) is 8.51. The molecule has 0 atom stereocenters. The Bertz CT molecular complexity index is 664. The highest BCUT2D eigenvalue weighted by atomic mass is 127. The maximum atomic E-state index is 13.5. The molecule has 0 aliphatic heterocycles. The standard InChI is InChI=1S/C17H28FN3O2S.HI/c1-13(2)6-5-9-20-17(19-3)21-11-15-10-16(18)8-7-14(15)12-24(4,22)23;/h7-8,10,13H,5-6,9,11-12H2,1-4H3,(H2,19,20,21);1H. The molecule has 0 aromatic heterocycles. The Labute approximate surface area is 167 Å². The lowest BCUT2D eigenvalue weighted by molar-refractivity contribution is 0.549. The van der Waals surface area contributed by atoms with Crippen LogP contribution < -0.4 is 10.6 Å². The van der Waals surface area contributed by atoms with E-state index in [1.807, 2.05) is 0 Å². The quantitative estimate of drug-likeness (QED) is 0.257. The van der Waals surface area contributed by atoms with Gasteiger partial charge in [0, 0.05) is 26.4 Å². The molecule has 0 spiro atoms. The van der Waals surface area contributed by atoms with Gasteiger partial charge in [-0.2, -0.15) is 0 Å². The van der Waals surface area contributed by atoms with Gasteiger partial charge in [-0.1, -0.05) is 19.9 Å². The maximum Gasteiger partial charge on any atom is 0.191 e. The molecule has 25 heavy (non-hydrogen) atoms. The Balaban J connectivity index is 0.00000576. The number of rotatable bonds is 8. The number of nitrogens with one attached hydrogen (secondary N) is 2. The third-order valence-electron chi connectivity index (χ3n) is 3.51. The molecule has 0 bridgehead atoms. The van der Waals surface area contributed by atoms with Crippen LogP contribution in [0.15, 0.2) is 23.2 Å². The van der Waals surface area contributed by atoms with E-state index in [-0.39, 0.29) is 35.5 Å². The van der Waals surface area contributed by atoms with Crippen molar-refractivity contribution in [3.63, 3.8) is 0 Å². The molecule has 0 saturated heterocycles. The number of nitrogens with zero attached hydrogens (tertiary/aromatic N) is 1. The summed E-state index contributed by atoms with van der Waals surface area (Å²) in [5.41, 5.74) is 1.22. The van der Waals surface area contributed by atoms with Crippen LogP contribution in [0, 0.1) is 11.7 Å². The molecule has 0 unspecified atom stereocenters. The van der Waals surface area contributed by atoms with Gasteiger partial charge >= 0.3 is 0 Å². The highest BCUT2D eigenvalue weighted by Gasteiger charge is 2.11. The summed E-state index contributed by atoms with van der Waals surface area (Å²) < 4.78 is 36.5. The Morgan fingerprint density at radius 1 is 1.24 bits per heavy atom. The minimum absolute atomic E-state index is 0. The van der Waals surface area contributed by atoms with E-state index in [9.17, 15) is 12.8 Å². The topological polar surface area (TPSA) is 70.6 Å². The summed E-state index contributed by atoms with van der Waals surface area (Å²) in [5, 5.41) is 6.31. The summed E-state index contributed by atoms with van der Waals surface area (Å²) in [6.07, 6.45) is 3.34. The van der Waals surface area contributed by atoms with Gasteiger partial charge < -0.3 is 10.6 Å². The van der Waals surface area contributed by atoms with Crippen LogP contribution in [0.3, 0.4) is 0 Å². The van der Waals surface area contributed by atoms with Crippen LogP contribution in [0.25, 0.3) is 0 Å². The molecule has 0 aliphatic rings. The third kappa shape index (κ3) is 10.6. The van der Waals surface area contributed by atoms with Gasteiger partial charge in [0.05, 0.1) is 5.75 Å². The van der Waals surface area contributed by atoms with Gasteiger partial charge in [0.15, 0.2) is 15.8 Å². The number of sulfone groups is 1. The van der Waals surface area contributed by atoms with Crippen LogP contribution >= 0.6 is 24.0 Å². The fraction of sp³-hybridized carbons (Fsp3) is 0.588. The molecule has 2 N–H and O–H groups in total. The van der Waals surface area contributed by atoms with Gasteiger partial charge in [-0.3, -0.25) is 4.99 Å². The molecule has 0 aliphatic carbocycles. The lowest BCUT2D eigenvalue weighted by Crippen LogP contribution is -2.37. The van der Waals surface area contributed by atoms with E-state index in [0.29, 0.717) is 29.5 Å². The van der Waals surface area contributed by atoms with E-state index >= 15 is 0 Å². The number of hydrogen-bond donors (Lipinski definition) is 2.